The molecule has 0 amide bonds. The van der Waals surface area contributed by atoms with E-state index in [0.717, 1.165) is 12.1 Å². The normalized spacial score (nSPS) is 18.8. The third kappa shape index (κ3) is 4.04. The molecule has 5 heteroatoms. The minimum atomic E-state index is -0.421. The van der Waals surface area contributed by atoms with Crippen LogP contribution in [0.3, 0.4) is 0 Å². The molecule has 1 aliphatic rings. The Bertz CT molecular complexity index is 659. The molecule has 1 aliphatic heterocycles. The first-order chi connectivity index (χ1) is 11.8. The number of halogens is 1. The van der Waals surface area contributed by atoms with E-state index in [-0.39, 0.29) is 11.9 Å². The zero-order valence-electron chi connectivity index (χ0n) is 13.7. The molecule has 1 N–H and O–H groups in total. The summed E-state index contributed by atoms with van der Waals surface area (Å²) >= 11 is 0. The zero-order chi connectivity index (χ0) is 16.8. The van der Waals surface area contributed by atoms with Crippen molar-refractivity contribution >= 4 is 0 Å². The van der Waals surface area contributed by atoms with Gasteiger partial charge in [-0.1, -0.05) is 24.3 Å². The van der Waals surface area contributed by atoms with Gasteiger partial charge in [0.1, 0.15) is 11.9 Å². The van der Waals surface area contributed by atoms with E-state index in [2.05, 4.69) is 5.32 Å². The molecule has 1 saturated heterocycles. The second-order valence-electron chi connectivity index (χ2n) is 5.59. The lowest BCUT2D eigenvalue weighted by Gasteiger charge is -2.32. The third-order valence-electron chi connectivity index (χ3n) is 3.87. The lowest BCUT2D eigenvalue weighted by atomic mass is 10.0. The number of benzene rings is 2. The monoisotopic (exact) mass is 331 g/mol. The van der Waals surface area contributed by atoms with Crippen LogP contribution in [0.15, 0.2) is 48.5 Å². The summed E-state index contributed by atoms with van der Waals surface area (Å²) in [6.45, 7) is 4.54. The van der Waals surface area contributed by atoms with E-state index < -0.39 is 6.10 Å². The average Bonchev–Trinajstić information content (AvgIpc) is 2.62. The van der Waals surface area contributed by atoms with Crippen molar-refractivity contribution in [1.82, 2.24) is 5.32 Å². The molecule has 1 unspecified atom stereocenters. The molecule has 4 nitrogen and oxygen atoms in total. The maximum atomic E-state index is 13.7. The van der Waals surface area contributed by atoms with E-state index in [0.29, 0.717) is 31.3 Å². The predicted octanol–water partition coefficient (Wildman–Crippen LogP) is 3.33. The number of morpholine rings is 1. The van der Waals surface area contributed by atoms with Crippen LogP contribution in [0.4, 0.5) is 4.39 Å². The fraction of sp³-hybridized carbons (Fsp3) is 0.368. The first kappa shape index (κ1) is 16.7. The Balaban J connectivity index is 1.90. The Morgan fingerprint density at radius 1 is 1.21 bits per heavy atom. The third-order valence-corrected chi connectivity index (χ3v) is 3.87. The number of nitrogens with one attached hydrogen (secondary N) is 1. The summed E-state index contributed by atoms with van der Waals surface area (Å²) in [6.07, 6.45) is -0.620. The summed E-state index contributed by atoms with van der Waals surface area (Å²) in [4.78, 5) is 0. The van der Waals surface area contributed by atoms with Gasteiger partial charge in [0.25, 0.3) is 0 Å². The Hall–Kier alpha value is -2.11. The first-order valence-electron chi connectivity index (χ1n) is 8.24. The number of hydrogen-bond donors (Lipinski definition) is 1. The lowest BCUT2D eigenvalue weighted by molar-refractivity contribution is -0.0440. The van der Waals surface area contributed by atoms with Crippen molar-refractivity contribution in [3.8, 4) is 11.5 Å². The van der Waals surface area contributed by atoms with Gasteiger partial charge in [0.15, 0.2) is 17.6 Å². The van der Waals surface area contributed by atoms with Crippen molar-refractivity contribution in [2.45, 2.75) is 19.1 Å². The van der Waals surface area contributed by atoms with Crippen molar-refractivity contribution in [2.24, 2.45) is 0 Å². The quantitative estimate of drug-likeness (QED) is 0.881. The Morgan fingerprint density at radius 2 is 2.04 bits per heavy atom. The van der Waals surface area contributed by atoms with Crippen molar-refractivity contribution in [2.75, 3.05) is 26.3 Å². The maximum Gasteiger partial charge on any atom is 0.162 e. The van der Waals surface area contributed by atoms with Gasteiger partial charge in [-0.3, -0.25) is 0 Å². The summed E-state index contributed by atoms with van der Waals surface area (Å²) in [5.74, 6) is 1.01. The molecular weight excluding hydrogens is 309 g/mol. The summed E-state index contributed by atoms with van der Waals surface area (Å²) in [6, 6.07) is 14.0. The van der Waals surface area contributed by atoms with Gasteiger partial charge in [-0.2, -0.15) is 0 Å². The standard InChI is InChI=1S/C19H22FNO3/c1-2-22-16-8-3-4-9-17(16)24-19(18-13-21-10-11-23-18)14-6-5-7-15(20)12-14/h3-9,12,18-19,21H,2,10-11,13H2,1H3/t18-,19?/m0/s1. The Labute approximate surface area is 141 Å². The van der Waals surface area contributed by atoms with Gasteiger partial charge >= 0.3 is 0 Å². The van der Waals surface area contributed by atoms with Gasteiger partial charge in [0.2, 0.25) is 0 Å². The maximum absolute atomic E-state index is 13.7. The SMILES string of the molecule is CCOc1ccccc1OC(c1cccc(F)c1)[C@@H]1CNCCO1. The molecule has 2 atom stereocenters. The van der Waals surface area contributed by atoms with Crippen LogP contribution in [0.2, 0.25) is 0 Å². The average molecular weight is 331 g/mol. The van der Waals surface area contributed by atoms with Crippen LogP contribution < -0.4 is 14.8 Å². The summed E-state index contributed by atoms with van der Waals surface area (Å²) in [7, 11) is 0. The fourth-order valence-electron chi connectivity index (χ4n) is 2.78. The summed E-state index contributed by atoms with van der Waals surface area (Å²) in [5, 5.41) is 3.30. The van der Waals surface area contributed by atoms with Crippen LogP contribution in [-0.4, -0.2) is 32.4 Å². The van der Waals surface area contributed by atoms with Crippen LogP contribution in [0, 0.1) is 5.82 Å². The fourth-order valence-corrected chi connectivity index (χ4v) is 2.78. The minimum absolute atomic E-state index is 0.199. The van der Waals surface area contributed by atoms with E-state index in [1.54, 1.807) is 6.07 Å². The molecule has 0 aromatic heterocycles. The molecule has 128 valence electrons. The van der Waals surface area contributed by atoms with Crippen LogP contribution in [0.1, 0.15) is 18.6 Å². The van der Waals surface area contributed by atoms with Crippen molar-refractivity contribution in [1.29, 1.82) is 0 Å². The summed E-state index contributed by atoms with van der Waals surface area (Å²) in [5.41, 5.74) is 0.745. The van der Waals surface area contributed by atoms with Crippen molar-refractivity contribution < 1.29 is 18.6 Å². The Morgan fingerprint density at radius 3 is 2.75 bits per heavy atom. The summed E-state index contributed by atoms with van der Waals surface area (Å²) < 4.78 is 31.4. The van der Waals surface area contributed by atoms with Gasteiger partial charge in [-0.15, -0.1) is 0 Å². The second-order valence-corrected chi connectivity index (χ2v) is 5.59. The van der Waals surface area contributed by atoms with Gasteiger partial charge in [0, 0.05) is 13.1 Å². The molecule has 2 aromatic rings. The minimum Gasteiger partial charge on any atom is -0.490 e. The van der Waals surface area contributed by atoms with E-state index >= 15 is 0 Å². The highest BCUT2D eigenvalue weighted by Crippen LogP contribution is 2.33. The number of hydrogen-bond acceptors (Lipinski definition) is 4. The zero-order valence-corrected chi connectivity index (χ0v) is 13.7. The van der Waals surface area contributed by atoms with Crippen LogP contribution >= 0.6 is 0 Å². The molecule has 0 radical (unpaired) electrons. The second kappa shape index (κ2) is 8.13. The first-order valence-corrected chi connectivity index (χ1v) is 8.24. The number of ether oxygens (including phenoxy) is 3. The topological polar surface area (TPSA) is 39.7 Å². The van der Waals surface area contributed by atoms with Gasteiger partial charge in [-0.05, 0) is 36.8 Å². The molecule has 2 aromatic carbocycles. The highest BCUT2D eigenvalue weighted by atomic mass is 19.1. The van der Waals surface area contributed by atoms with E-state index in [1.807, 2.05) is 37.3 Å². The van der Waals surface area contributed by atoms with Crippen LogP contribution in [0.25, 0.3) is 0 Å². The number of para-hydroxylation sites is 2. The largest absolute Gasteiger partial charge is 0.490 e. The molecule has 1 fully saturated rings. The molecule has 24 heavy (non-hydrogen) atoms. The highest BCUT2D eigenvalue weighted by Gasteiger charge is 2.29. The highest BCUT2D eigenvalue weighted by molar-refractivity contribution is 5.40. The predicted molar refractivity (Wildman–Crippen MR) is 90.0 cm³/mol. The molecule has 0 aliphatic carbocycles. The van der Waals surface area contributed by atoms with Gasteiger partial charge in [-0.25, -0.2) is 4.39 Å². The molecule has 0 saturated carbocycles. The Kier molecular flexibility index (Phi) is 5.67. The van der Waals surface area contributed by atoms with E-state index in [9.17, 15) is 4.39 Å². The lowest BCUT2D eigenvalue weighted by Crippen LogP contribution is -2.43. The molecule has 0 bridgehead atoms. The smallest absolute Gasteiger partial charge is 0.162 e. The molecule has 0 spiro atoms. The van der Waals surface area contributed by atoms with Gasteiger partial charge in [0.05, 0.1) is 13.2 Å². The van der Waals surface area contributed by atoms with Crippen molar-refractivity contribution in [3.63, 3.8) is 0 Å². The van der Waals surface area contributed by atoms with Gasteiger partial charge < -0.3 is 19.5 Å². The van der Waals surface area contributed by atoms with Crippen molar-refractivity contribution in [3.05, 3.63) is 59.9 Å². The number of rotatable bonds is 6. The molecular formula is C19H22FNO3. The van der Waals surface area contributed by atoms with E-state index in [4.69, 9.17) is 14.2 Å². The van der Waals surface area contributed by atoms with Crippen LogP contribution in [0.5, 0.6) is 11.5 Å². The molecule has 1 heterocycles. The molecule has 3 rings (SSSR count). The van der Waals surface area contributed by atoms with E-state index in [1.165, 1.54) is 12.1 Å². The van der Waals surface area contributed by atoms with Crippen LogP contribution in [-0.2, 0) is 4.74 Å².